The molecule has 1 aliphatic heterocycles. The molecule has 1 aliphatic rings. The molecule has 1 aromatic heterocycles. The third-order valence-electron chi connectivity index (χ3n) is 3.26. The Morgan fingerprint density at radius 1 is 1.50 bits per heavy atom. The predicted octanol–water partition coefficient (Wildman–Crippen LogP) is 3.23. The molecule has 0 amide bonds. The van der Waals surface area contributed by atoms with Crippen molar-refractivity contribution in [1.29, 1.82) is 0 Å². The van der Waals surface area contributed by atoms with Crippen molar-refractivity contribution in [3.05, 3.63) is 45.9 Å². The summed E-state index contributed by atoms with van der Waals surface area (Å²) in [6, 6.07) is 8.00. The van der Waals surface area contributed by atoms with E-state index in [9.17, 15) is 4.79 Å². The number of carbonyl (C=O) groups excluding carboxylic acids is 1. The van der Waals surface area contributed by atoms with Crippen LogP contribution < -0.4 is 4.74 Å². The lowest BCUT2D eigenvalue weighted by Crippen LogP contribution is -2.15. The molecule has 0 bridgehead atoms. The van der Waals surface area contributed by atoms with Crippen LogP contribution >= 0.6 is 11.3 Å². The Labute approximate surface area is 121 Å². The molecule has 0 spiro atoms. The monoisotopic (exact) mass is 289 g/mol. The minimum absolute atomic E-state index is 0.202. The van der Waals surface area contributed by atoms with Crippen LogP contribution in [0.25, 0.3) is 0 Å². The van der Waals surface area contributed by atoms with E-state index in [0.717, 1.165) is 22.7 Å². The Kier molecular flexibility index (Phi) is 3.69. The average molecular weight is 289 g/mol. The van der Waals surface area contributed by atoms with Gasteiger partial charge in [-0.15, -0.1) is 11.3 Å². The highest BCUT2D eigenvalue weighted by atomic mass is 32.1. The van der Waals surface area contributed by atoms with Crippen molar-refractivity contribution in [2.45, 2.75) is 19.3 Å². The van der Waals surface area contributed by atoms with Gasteiger partial charge in [0, 0.05) is 16.9 Å². The number of thiazole rings is 1. The van der Waals surface area contributed by atoms with E-state index < -0.39 is 0 Å². The first-order valence-electron chi connectivity index (χ1n) is 6.64. The maximum absolute atomic E-state index is 11.7. The first-order valence-corrected chi connectivity index (χ1v) is 7.52. The molecule has 0 saturated heterocycles. The second kappa shape index (κ2) is 5.63. The van der Waals surface area contributed by atoms with Gasteiger partial charge in [-0.25, -0.2) is 9.78 Å². The Morgan fingerprint density at radius 2 is 2.35 bits per heavy atom. The van der Waals surface area contributed by atoms with Crippen LogP contribution in [-0.2, 0) is 4.74 Å². The lowest BCUT2D eigenvalue weighted by molar-refractivity contribution is 0.0520. The minimum Gasteiger partial charge on any atom is -0.493 e. The van der Waals surface area contributed by atoms with Crippen molar-refractivity contribution in [3.63, 3.8) is 0 Å². The van der Waals surface area contributed by atoms with E-state index in [1.807, 2.05) is 18.2 Å². The zero-order valence-electron chi connectivity index (χ0n) is 11.2. The smallest absolute Gasteiger partial charge is 0.357 e. The van der Waals surface area contributed by atoms with Crippen LogP contribution in [0.15, 0.2) is 29.6 Å². The van der Waals surface area contributed by atoms with Crippen LogP contribution in [-0.4, -0.2) is 24.2 Å². The number of carbonyl (C=O) groups is 1. The fraction of sp³-hybridized carbons (Fsp3) is 0.333. The van der Waals surface area contributed by atoms with Crippen LogP contribution in [0.3, 0.4) is 0 Å². The van der Waals surface area contributed by atoms with Gasteiger partial charge in [-0.2, -0.15) is 0 Å². The summed E-state index contributed by atoms with van der Waals surface area (Å²) in [5.41, 5.74) is 1.54. The highest BCUT2D eigenvalue weighted by Crippen LogP contribution is 2.38. The maximum atomic E-state index is 11.7. The third-order valence-corrected chi connectivity index (χ3v) is 4.22. The normalized spacial score (nSPS) is 17.1. The highest BCUT2D eigenvalue weighted by Gasteiger charge is 2.26. The van der Waals surface area contributed by atoms with Gasteiger partial charge in [0.1, 0.15) is 10.8 Å². The molecule has 1 unspecified atom stereocenters. The van der Waals surface area contributed by atoms with Crippen LogP contribution in [0.4, 0.5) is 0 Å². The fourth-order valence-corrected chi connectivity index (χ4v) is 3.29. The van der Waals surface area contributed by atoms with Gasteiger partial charge < -0.3 is 9.47 Å². The van der Waals surface area contributed by atoms with Gasteiger partial charge in [0.2, 0.25) is 0 Å². The third kappa shape index (κ3) is 2.41. The van der Waals surface area contributed by atoms with Gasteiger partial charge in [-0.3, -0.25) is 0 Å². The fourth-order valence-electron chi connectivity index (χ4n) is 2.35. The van der Waals surface area contributed by atoms with Crippen molar-refractivity contribution in [2.24, 2.45) is 0 Å². The number of esters is 1. The van der Waals surface area contributed by atoms with Gasteiger partial charge in [-0.1, -0.05) is 18.2 Å². The quantitative estimate of drug-likeness (QED) is 0.814. The molecule has 5 heteroatoms. The number of para-hydroxylation sites is 1. The molecule has 3 rings (SSSR count). The van der Waals surface area contributed by atoms with Crippen molar-refractivity contribution < 1.29 is 14.3 Å². The van der Waals surface area contributed by atoms with Gasteiger partial charge in [0.05, 0.1) is 13.2 Å². The second-order valence-corrected chi connectivity index (χ2v) is 5.41. The molecule has 4 nitrogen and oxygen atoms in total. The summed E-state index contributed by atoms with van der Waals surface area (Å²) in [7, 11) is 0. The molecule has 1 aromatic carbocycles. The SMILES string of the molecule is CCOC(=O)c1csc(C2CCOc3ccccc32)n1. The standard InChI is InChI=1S/C15H15NO3S/c1-2-18-15(17)12-9-20-14(16-12)11-7-8-19-13-6-4-3-5-10(11)13/h3-6,9,11H,2,7-8H2,1H3. The van der Waals surface area contributed by atoms with E-state index in [2.05, 4.69) is 11.1 Å². The van der Waals surface area contributed by atoms with E-state index in [1.165, 1.54) is 11.3 Å². The first-order chi connectivity index (χ1) is 9.79. The minimum atomic E-state index is -0.352. The number of nitrogens with zero attached hydrogens (tertiary/aromatic N) is 1. The predicted molar refractivity (Wildman–Crippen MR) is 76.5 cm³/mol. The van der Waals surface area contributed by atoms with Gasteiger partial charge in [0.15, 0.2) is 5.69 Å². The van der Waals surface area contributed by atoms with Crippen LogP contribution in [0, 0.1) is 0 Å². The van der Waals surface area contributed by atoms with Crippen LogP contribution in [0.1, 0.15) is 40.3 Å². The summed E-state index contributed by atoms with van der Waals surface area (Å²) in [5.74, 6) is 0.764. The van der Waals surface area contributed by atoms with Crippen LogP contribution in [0.2, 0.25) is 0 Å². The lowest BCUT2D eigenvalue weighted by atomic mass is 9.94. The Morgan fingerprint density at radius 3 is 3.20 bits per heavy atom. The molecule has 2 heterocycles. The molecule has 0 fully saturated rings. The lowest BCUT2D eigenvalue weighted by Gasteiger charge is -2.24. The van der Waals surface area contributed by atoms with Gasteiger partial charge >= 0.3 is 5.97 Å². The summed E-state index contributed by atoms with van der Waals surface area (Å²) in [6.07, 6.45) is 0.882. The summed E-state index contributed by atoms with van der Waals surface area (Å²) in [4.78, 5) is 16.1. The Hall–Kier alpha value is -1.88. The Bertz CT molecular complexity index is 623. The van der Waals surface area contributed by atoms with Crippen molar-refractivity contribution >= 4 is 17.3 Å². The van der Waals surface area contributed by atoms with E-state index in [-0.39, 0.29) is 11.9 Å². The number of ether oxygens (including phenoxy) is 2. The first kappa shape index (κ1) is 13.1. The molecule has 104 valence electrons. The zero-order valence-corrected chi connectivity index (χ0v) is 12.0. The number of hydrogen-bond acceptors (Lipinski definition) is 5. The number of hydrogen-bond donors (Lipinski definition) is 0. The second-order valence-electron chi connectivity index (χ2n) is 4.52. The highest BCUT2D eigenvalue weighted by molar-refractivity contribution is 7.10. The summed E-state index contributed by atoms with van der Waals surface area (Å²) in [5, 5.41) is 2.72. The average Bonchev–Trinajstić information content (AvgIpc) is 2.97. The van der Waals surface area contributed by atoms with Gasteiger partial charge in [-0.05, 0) is 19.4 Å². The van der Waals surface area contributed by atoms with E-state index >= 15 is 0 Å². The molecule has 1 atom stereocenters. The molecule has 0 saturated carbocycles. The number of benzene rings is 1. The molecular weight excluding hydrogens is 274 g/mol. The van der Waals surface area contributed by atoms with Crippen LogP contribution in [0.5, 0.6) is 5.75 Å². The number of rotatable bonds is 3. The van der Waals surface area contributed by atoms with Crippen molar-refractivity contribution in [1.82, 2.24) is 4.98 Å². The van der Waals surface area contributed by atoms with Gasteiger partial charge in [0.25, 0.3) is 0 Å². The summed E-state index contributed by atoms with van der Waals surface area (Å²) < 4.78 is 10.6. The van der Waals surface area contributed by atoms with E-state index in [0.29, 0.717) is 18.9 Å². The number of aromatic nitrogens is 1. The summed E-state index contributed by atoms with van der Waals surface area (Å²) in [6.45, 7) is 2.84. The number of fused-ring (bicyclic) bond motifs is 1. The largest absolute Gasteiger partial charge is 0.493 e. The molecule has 0 N–H and O–H groups in total. The molecule has 0 aliphatic carbocycles. The Balaban J connectivity index is 1.89. The summed E-state index contributed by atoms with van der Waals surface area (Å²) >= 11 is 1.51. The van der Waals surface area contributed by atoms with E-state index in [1.54, 1.807) is 12.3 Å². The van der Waals surface area contributed by atoms with Crippen molar-refractivity contribution in [2.75, 3.05) is 13.2 Å². The van der Waals surface area contributed by atoms with E-state index in [4.69, 9.17) is 9.47 Å². The molecule has 2 aromatic rings. The topological polar surface area (TPSA) is 48.4 Å². The van der Waals surface area contributed by atoms with Crippen molar-refractivity contribution in [3.8, 4) is 5.75 Å². The molecule has 0 radical (unpaired) electrons. The molecular formula is C15H15NO3S. The zero-order chi connectivity index (χ0) is 13.9. The molecule has 20 heavy (non-hydrogen) atoms. The maximum Gasteiger partial charge on any atom is 0.357 e.